The standard InChI is InChI=1S/C22H23N3O3/c1-14(2)18-6-4-5-15(3)21(18)24-12-17(10-23)22(26)25-11-16-7-8-19-20(9-16)28-13-27-19/h4-9,12,14,24H,11,13H2,1-3H3,(H,25,26)/b17-12-. The molecule has 0 unspecified atom stereocenters. The van der Waals surface area contributed by atoms with Gasteiger partial charge in [0.05, 0.1) is 0 Å². The molecular weight excluding hydrogens is 354 g/mol. The van der Waals surface area contributed by atoms with Gasteiger partial charge >= 0.3 is 0 Å². The number of rotatable bonds is 6. The molecule has 0 fully saturated rings. The maximum absolute atomic E-state index is 12.4. The summed E-state index contributed by atoms with van der Waals surface area (Å²) in [5.74, 6) is 1.23. The van der Waals surface area contributed by atoms with E-state index in [2.05, 4.69) is 24.5 Å². The van der Waals surface area contributed by atoms with Gasteiger partial charge in [-0.1, -0.05) is 38.1 Å². The Kier molecular flexibility index (Phi) is 5.85. The number of para-hydroxylation sites is 1. The Bertz CT molecular complexity index is 958. The molecule has 144 valence electrons. The number of hydrogen-bond donors (Lipinski definition) is 2. The summed E-state index contributed by atoms with van der Waals surface area (Å²) in [7, 11) is 0. The highest BCUT2D eigenvalue weighted by Gasteiger charge is 2.15. The summed E-state index contributed by atoms with van der Waals surface area (Å²) in [5, 5.41) is 15.3. The predicted octanol–water partition coefficient (Wildman–Crippen LogP) is 3.98. The van der Waals surface area contributed by atoms with Crippen molar-refractivity contribution in [3.05, 3.63) is 64.9 Å². The SMILES string of the molecule is Cc1cccc(C(C)C)c1N/C=C(/C#N)C(=O)NCc1ccc2c(c1)OCO2. The number of ether oxygens (including phenoxy) is 2. The van der Waals surface area contributed by atoms with Crippen molar-refractivity contribution in [2.45, 2.75) is 33.2 Å². The third-order valence-corrected chi connectivity index (χ3v) is 4.54. The summed E-state index contributed by atoms with van der Waals surface area (Å²) in [5.41, 5.74) is 3.99. The largest absolute Gasteiger partial charge is 0.454 e. The summed E-state index contributed by atoms with van der Waals surface area (Å²) in [6.45, 7) is 6.69. The van der Waals surface area contributed by atoms with Gasteiger partial charge in [-0.05, 0) is 41.7 Å². The molecule has 6 nitrogen and oxygen atoms in total. The molecule has 1 heterocycles. The van der Waals surface area contributed by atoms with Crippen molar-refractivity contribution < 1.29 is 14.3 Å². The number of hydrogen-bond acceptors (Lipinski definition) is 5. The lowest BCUT2D eigenvalue weighted by Crippen LogP contribution is -2.24. The molecule has 2 aromatic carbocycles. The quantitative estimate of drug-likeness (QED) is 0.588. The van der Waals surface area contributed by atoms with E-state index in [0.29, 0.717) is 17.4 Å². The molecule has 6 heteroatoms. The lowest BCUT2D eigenvalue weighted by molar-refractivity contribution is -0.117. The third-order valence-electron chi connectivity index (χ3n) is 4.54. The minimum atomic E-state index is -0.438. The molecule has 1 aliphatic heterocycles. The highest BCUT2D eigenvalue weighted by molar-refractivity contribution is 5.97. The van der Waals surface area contributed by atoms with E-state index < -0.39 is 5.91 Å². The zero-order valence-corrected chi connectivity index (χ0v) is 16.2. The van der Waals surface area contributed by atoms with Gasteiger partial charge in [0.25, 0.3) is 5.91 Å². The van der Waals surface area contributed by atoms with Gasteiger partial charge in [-0.15, -0.1) is 0 Å². The van der Waals surface area contributed by atoms with Crippen molar-refractivity contribution in [3.63, 3.8) is 0 Å². The zero-order valence-electron chi connectivity index (χ0n) is 16.2. The van der Waals surface area contributed by atoms with Crippen LogP contribution in [0.2, 0.25) is 0 Å². The van der Waals surface area contributed by atoms with Gasteiger partial charge in [0, 0.05) is 18.4 Å². The van der Waals surface area contributed by atoms with Gasteiger partial charge in [0.1, 0.15) is 11.6 Å². The second-order valence-corrected chi connectivity index (χ2v) is 6.88. The topological polar surface area (TPSA) is 83.4 Å². The average molecular weight is 377 g/mol. The van der Waals surface area contributed by atoms with Crippen molar-refractivity contribution in [2.75, 3.05) is 12.1 Å². The highest BCUT2D eigenvalue weighted by Crippen LogP contribution is 2.32. The van der Waals surface area contributed by atoms with Gasteiger partial charge in [0.2, 0.25) is 6.79 Å². The van der Waals surface area contributed by atoms with Gasteiger partial charge in [0.15, 0.2) is 11.5 Å². The number of aryl methyl sites for hydroxylation is 1. The Morgan fingerprint density at radius 3 is 2.79 bits per heavy atom. The van der Waals surface area contributed by atoms with Crippen LogP contribution in [0.1, 0.15) is 36.5 Å². The van der Waals surface area contributed by atoms with E-state index in [0.717, 1.165) is 22.4 Å². The maximum atomic E-state index is 12.4. The van der Waals surface area contributed by atoms with Crippen LogP contribution >= 0.6 is 0 Å². The van der Waals surface area contributed by atoms with E-state index in [9.17, 15) is 10.1 Å². The molecule has 1 amide bonds. The van der Waals surface area contributed by atoms with E-state index >= 15 is 0 Å². The van der Waals surface area contributed by atoms with Crippen molar-refractivity contribution in [1.82, 2.24) is 5.32 Å². The minimum absolute atomic E-state index is 0.0127. The number of nitrogens with zero attached hydrogens (tertiary/aromatic N) is 1. The lowest BCUT2D eigenvalue weighted by atomic mass is 9.98. The van der Waals surface area contributed by atoms with Gasteiger partial charge in [-0.3, -0.25) is 4.79 Å². The number of amides is 1. The second kappa shape index (κ2) is 8.49. The molecule has 28 heavy (non-hydrogen) atoms. The first-order chi connectivity index (χ1) is 13.5. The maximum Gasteiger partial charge on any atom is 0.263 e. The number of carbonyl (C=O) groups excluding carboxylic acids is 1. The molecule has 0 saturated heterocycles. The molecule has 0 aromatic heterocycles. The Labute approximate surface area is 164 Å². The van der Waals surface area contributed by atoms with Crippen LogP contribution in [0.5, 0.6) is 11.5 Å². The summed E-state index contributed by atoms with van der Waals surface area (Å²) in [6.07, 6.45) is 1.46. The third kappa shape index (κ3) is 4.26. The first kappa shape index (κ1) is 19.3. The van der Waals surface area contributed by atoms with Crippen molar-refractivity contribution >= 4 is 11.6 Å². The number of carbonyl (C=O) groups is 1. The van der Waals surface area contributed by atoms with Gasteiger partial charge in [-0.2, -0.15) is 5.26 Å². The number of nitriles is 1. The van der Waals surface area contributed by atoms with E-state index in [1.54, 1.807) is 6.07 Å². The monoisotopic (exact) mass is 377 g/mol. The molecule has 0 aliphatic carbocycles. The average Bonchev–Trinajstić information content (AvgIpc) is 3.15. The fourth-order valence-electron chi connectivity index (χ4n) is 2.99. The normalized spacial score (nSPS) is 12.6. The van der Waals surface area contributed by atoms with Crippen LogP contribution < -0.4 is 20.1 Å². The van der Waals surface area contributed by atoms with Crippen LogP contribution in [0.15, 0.2) is 48.2 Å². The Morgan fingerprint density at radius 2 is 2.04 bits per heavy atom. The molecule has 0 saturated carbocycles. The van der Waals surface area contributed by atoms with Crippen LogP contribution in [0, 0.1) is 18.3 Å². The molecule has 0 radical (unpaired) electrons. The zero-order chi connectivity index (χ0) is 20.1. The van der Waals surface area contributed by atoms with Gasteiger partial charge < -0.3 is 20.1 Å². The summed E-state index contributed by atoms with van der Waals surface area (Å²) >= 11 is 0. The van der Waals surface area contributed by atoms with Gasteiger partial charge in [-0.25, -0.2) is 0 Å². The minimum Gasteiger partial charge on any atom is -0.454 e. The summed E-state index contributed by atoms with van der Waals surface area (Å²) in [6, 6.07) is 13.5. The van der Waals surface area contributed by atoms with E-state index in [1.165, 1.54) is 6.20 Å². The van der Waals surface area contributed by atoms with Crippen molar-refractivity contribution in [2.24, 2.45) is 0 Å². The lowest BCUT2D eigenvalue weighted by Gasteiger charge is -2.15. The Hall–Kier alpha value is -3.46. The molecule has 1 aliphatic rings. The second-order valence-electron chi connectivity index (χ2n) is 6.88. The summed E-state index contributed by atoms with van der Waals surface area (Å²) in [4.78, 5) is 12.4. The molecule has 2 N–H and O–H groups in total. The fourth-order valence-corrected chi connectivity index (χ4v) is 2.99. The number of nitrogens with one attached hydrogen (secondary N) is 2. The summed E-state index contributed by atoms with van der Waals surface area (Å²) < 4.78 is 10.6. The molecule has 0 atom stereocenters. The number of fused-ring (bicyclic) bond motifs is 1. The Balaban J connectivity index is 1.68. The van der Waals surface area contributed by atoms with Crippen LogP contribution in [-0.2, 0) is 11.3 Å². The number of benzene rings is 2. The molecule has 0 bridgehead atoms. The van der Waals surface area contributed by atoms with Crippen LogP contribution in [-0.4, -0.2) is 12.7 Å². The molecule has 0 spiro atoms. The first-order valence-electron chi connectivity index (χ1n) is 9.12. The molecule has 3 rings (SSSR count). The van der Waals surface area contributed by atoms with E-state index in [4.69, 9.17) is 9.47 Å². The van der Waals surface area contributed by atoms with Crippen LogP contribution in [0.25, 0.3) is 0 Å². The van der Waals surface area contributed by atoms with Crippen LogP contribution in [0.3, 0.4) is 0 Å². The van der Waals surface area contributed by atoms with Crippen molar-refractivity contribution in [3.8, 4) is 17.6 Å². The van der Waals surface area contributed by atoms with Crippen LogP contribution in [0.4, 0.5) is 5.69 Å². The predicted molar refractivity (Wildman–Crippen MR) is 107 cm³/mol. The fraction of sp³-hybridized carbons (Fsp3) is 0.273. The Morgan fingerprint density at radius 1 is 1.25 bits per heavy atom. The first-order valence-corrected chi connectivity index (χ1v) is 9.12. The van der Waals surface area contributed by atoms with Crippen molar-refractivity contribution in [1.29, 1.82) is 5.26 Å². The molecule has 2 aromatic rings. The van der Waals surface area contributed by atoms with E-state index in [-0.39, 0.29) is 18.9 Å². The van der Waals surface area contributed by atoms with E-state index in [1.807, 2.05) is 43.3 Å². The highest BCUT2D eigenvalue weighted by atomic mass is 16.7. The number of anilines is 1. The molecular formula is C22H23N3O3. The smallest absolute Gasteiger partial charge is 0.263 e.